The van der Waals surface area contributed by atoms with E-state index in [1.807, 2.05) is 12.4 Å². The van der Waals surface area contributed by atoms with Crippen LogP contribution in [0.4, 0.5) is 5.95 Å². The summed E-state index contributed by atoms with van der Waals surface area (Å²) in [4.78, 5) is 19.3. The van der Waals surface area contributed by atoms with E-state index in [-0.39, 0.29) is 5.78 Å². The number of aromatic nitrogens is 2. The lowest BCUT2D eigenvalue weighted by Gasteiger charge is -2.21. The number of nitrogens with zero attached hydrogens (tertiary/aromatic N) is 2. The van der Waals surface area contributed by atoms with Crippen molar-refractivity contribution in [2.24, 2.45) is 0 Å². The van der Waals surface area contributed by atoms with Crippen LogP contribution in [-0.4, -0.2) is 22.3 Å². The summed E-state index contributed by atoms with van der Waals surface area (Å²) in [6, 6.07) is 0. The zero-order chi connectivity index (χ0) is 12.1. The molecule has 17 heavy (non-hydrogen) atoms. The summed E-state index contributed by atoms with van der Waals surface area (Å²) in [5.74, 6) is 1.26. The number of nitrogens with one attached hydrogen (secondary N) is 1. The molecule has 4 heteroatoms. The van der Waals surface area contributed by atoms with Gasteiger partial charge in [-0.05, 0) is 31.2 Å². The van der Waals surface area contributed by atoms with Crippen molar-refractivity contribution in [1.82, 2.24) is 9.97 Å². The number of rotatable bonds is 4. The molecule has 0 atom stereocenters. The highest BCUT2D eigenvalue weighted by Gasteiger charge is 2.15. The molecule has 0 spiro atoms. The van der Waals surface area contributed by atoms with Crippen molar-refractivity contribution in [2.45, 2.75) is 44.9 Å². The van der Waals surface area contributed by atoms with Crippen molar-refractivity contribution >= 4 is 11.7 Å². The van der Waals surface area contributed by atoms with Gasteiger partial charge in [0.1, 0.15) is 5.78 Å². The molecule has 1 N–H and O–H groups in total. The van der Waals surface area contributed by atoms with E-state index in [9.17, 15) is 4.79 Å². The Bertz CT molecular complexity index is 369. The molecule has 1 fully saturated rings. The molecule has 0 unspecified atom stereocenters. The van der Waals surface area contributed by atoms with Gasteiger partial charge in [-0.1, -0.05) is 19.3 Å². The Morgan fingerprint density at radius 3 is 2.53 bits per heavy atom. The molecule has 0 aliphatic heterocycles. The van der Waals surface area contributed by atoms with E-state index in [4.69, 9.17) is 0 Å². The van der Waals surface area contributed by atoms with Gasteiger partial charge in [-0.15, -0.1) is 0 Å². The zero-order valence-electron chi connectivity index (χ0n) is 10.3. The Kier molecular flexibility index (Phi) is 4.07. The highest BCUT2D eigenvalue weighted by atomic mass is 16.1. The van der Waals surface area contributed by atoms with Crippen molar-refractivity contribution in [3.8, 4) is 0 Å². The monoisotopic (exact) mass is 233 g/mol. The van der Waals surface area contributed by atoms with Gasteiger partial charge in [0.25, 0.3) is 0 Å². The second-order valence-electron chi connectivity index (χ2n) is 4.73. The fourth-order valence-electron chi connectivity index (χ4n) is 2.28. The first-order valence-corrected chi connectivity index (χ1v) is 6.31. The first-order chi connectivity index (χ1) is 8.25. The molecule has 2 rings (SSSR count). The molecule has 0 amide bonds. The van der Waals surface area contributed by atoms with E-state index >= 15 is 0 Å². The fourth-order valence-corrected chi connectivity index (χ4v) is 2.28. The van der Waals surface area contributed by atoms with Crippen LogP contribution in [0, 0.1) is 0 Å². The maximum absolute atomic E-state index is 10.8. The molecule has 0 saturated heterocycles. The van der Waals surface area contributed by atoms with E-state index in [0.29, 0.717) is 18.4 Å². The summed E-state index contributed by atoms with van der Waals surface area (Å²) in [6.07, 6.45) is 10.3. The predicted octanol–water partition coefficient (Wildman–Crippen LogP) is 2.53. The molecule has 1 aliphatic carbocycles. The first-order valence-electron chi connectivity index (χ1n) is 6.31. The molecule has 0 aromatic carbocycles. The first kappa shape index (κ1) is 12.0. The minimum absolute atomic E-state index is 0.0879. The lowest BCUT2D eigenvalue weighted by atomic mass is 9.85. The SMILES string of the molecule is CC(=O)CNc1ncc(C2CCCCC2)cn1. The normalized spacial score (nSPS) is 16.8. The van der Waals surface area contributed by atoms with E-state index in [2.05, 4.69) is 15.3 Å². The van der Waals surface area contributed by atoms with Gasteiger partial charge >= 0.3 is 0 Å². The third kappa shape index (κ3) is 3.51. The van der Waals surface area contributed by atoms with E-state index in [1.54, 1.807) is 6.92 Å². The Labute approximate surface area is 102 Å². The molecule has 92 valence electrons. The van der Waals surface area contributed by atoms with E-state index in [0.717, 1.165) is 0 Å². The highest BCUT2D eigenvalue weighted by Crippen LogP contribution is 2.31. The smallest absolute Gasteiger partial charge is 0.222 e. The zero-order valence-corrected chi connectivity index (χ0v) is 10.3. The number of Topliss-reactive ketones (excluding diaryl/α,β-unsaturated/α-hetero) is 1. The summed E-state index contributed by atoms with van der Waals surface area (Å²) < 4.78 is 0. The molecule has 0 radical (unpaired) electrons. The van der Waals surface area contributed by atoms with Crippen LogP contribution in [0.3, 0.4) is 0 Å². The molecule has 1 aliphatic rings. The van der Waals surface area contributed by atoms with E-state index < -0.39 is 0 Å². The predicted molar refractivity (Wildman–Crippen MR) is 67.0 cm³/mol. The van der Waals surface area contributed by atoms with Crippen LogP contribution < -0.4 is 5.32 Å². The Morgan fingerprint density at radius 1 is 1.29 bits per heavy atom. The number of hydrogen-bond donors (Lipinski definition) is 1. The Balaban J connectivity index is 1.94. The maximum Gasteiger partial charge on any atom is 0.222 e. The van der Waals surface area contributed by atoms with Crippen LogP contribution in [0.2, 0.25) is 0 Å². The van der Waals surface area contributed by atoms with Gasteiger partial charge in [0.15, 0.2) is 0 Å². The lowest BCUT2D eigenvalue weighted by molar-refractivity contribution is -0.115. The highest BCUT2D eigenvalue weighted by molar-refractivity contribution is 5.79. The van der Waals surface area contributed by atoms with Crippen molar-refractivity contribution in [1.29, 1.82) is 0 Å². The number of anilines is 1. The van der Waals surface area contributed by atoms with Gasteiger partial charge in [-0.3, -0.25) is 4.79 Å². The van der Waals surface area contributed by atoms with Crippen molar-refractivity contribution in [3.63, 3.8) is 0 Å². The molecular weight excluding hydrogens is 214 g/mol. The number of ketones is 1. The van der Waals surface area contributed by atoms with Crippen LogP contribution in [0.1, 0.15) is 50.5 Å². The summed E-state index contributed by atoms with van der Waals surface area (Å²) in [5.41, 5.74) is 1.23. The fraction of sp³-hybridized carbons (Fsp3) is 0.615. The van der Waals surface area contributed by atoms with Crippen molar-refractivity contribution < 1.29 is 4.79 Å². The average Bonchev–Trinajstić information content (AvgIpc) is 2.38. The van der Waals surface area contributed by atoms with Gasteiger partial charge in [-0.25, -0.2) is 9.97 Å². The van der Waals surface area contributed by atoms with Crippen molar-refractivity contribution in [2.75, 3.05) is 11.9 Å². The van der Waals surface area contributed by atoms with Crippen LogP contribution in [0.15, 0.2) is 12.4 Å². The topological polar surface area (TPSA) is 54.9 Å². The van der Waals surface area contributed by atoms with Crippen LogP contribution in [-0.2, 0) is 4.79 Å². The number of hydrogen-bond acceptors (Lipinski definition) is 4. The summed E-state index contributed by atoms with van der Waals surface area (Å²) in [5, 5.41) is 2.90. The molecule has 1 saturated carbocycles. The van der Waals surface area contributed by atoms with Gasteiger partial charge < -0.3 is 5.32 Å². The third-order valence-electron chi connectivity index (χ3n) is 3.24. The van der Waals surface area contributed by atoms with Crippen LogP contribution in [0.5, 0.6) is 0 Å². The van der Waals surface area contributed by atoms with Gasteiger partial charge in [-0.2, -0.15) is 0 Å². The second-order valence-corrected chi connectivity index (χ2v) is 4.73. The molecule has 0 bridgehead atoms. The van der Waals surface area contributed by atoms with E-state index in [1.165, 1.54) is 37.7 Å². The largest absolute Gasteiger partial charge is 0.347 e. The third-order valence-corrected chi connectivity index (χ3v) is 3.24. The van der Waals surface area contributed by atoms with Gasteiger partial charge in [0.05, 0.1) is 6.54 Å². The van der Waals surface area contributed by atoms with Gasteiger partial charge in [0.2, 0.25) is 5.95 Å². The van der Waals surface area contributed by atoms with Crippen LogP contribution in [0.25, 0.3) is 0 Å². The Hall–Kier alpha value is -1.45. The number of carbonyl (C=O) groups is 1. The molecular formula is C13H19N3O. The average molecular weight is 233 g/mol. The molecule has 1 aromatic rings. The molecule has 1 heterocycles. The van der Waals surface area contributed by atoms with Crippen LogP contribution >= 0.6 is 0 Å². The lowest BCUT2D eigenvalue weighted by Crippen LogP contribution is -2.13. The quantitative estimate of drug-likeness (QED) is 0.868. The summed E-state index contributed by atoms with van der Waals surface area (Å²) in [6.45, 7) is 1.84. The minimum Gasteiger partial charge on any atom is -0.347 e. The summed E-state index contributed by atoms with van der Waals surface area (Å²) in [7, 11) is 0. The second kappa shape index (κ2) is 5.75. The Morgan fingerprint density at radius 2 is 1.94 bits per heavy atom. The van der Waals surface area contributed by atoms with Crippen molar-refractivity contribution in [3.05, 3.63) is 18.0 Å². The molecule has 4 nitrogen and oxygen atoms in total. The van der Waals surface area contributed by atoms with Gasteiger partial charge in [0, 0.05) is 12.4 Å². The minimum atomic E-state index is 0.0879. The number of carbonyl (C=O) groups excluding carboxylic acids is 1. The summed E-state index contributed by atoms with van der Waals surface area (Å²) >= 11 is 0. The maximum atomic E-state index is 10.8. The standard InChI is InChI=1S/C13H19N3O/c1-10(17)7-14-13-15-8-12(9-16-13)11-5-3-2-4-6-11/h8-9,11H,2-7H2,1H3,(H,14,15,16). The molecule has 1 aromatic heterocycles.